The Labute approximate surface area is 156 Å². The molecule has 1 saturated heterocycles. The molecular weight excluding hydrogens is 348 g/mol. The first-order chi connectivity index (χ1) is 13.0. The summed E-state index contributed by atoms with van der Waals surface area (Å²) in [4.78, 5) is 24.3. The molecule has 142 valence electrons. The van der Waals surface area contributed by atoms with E-state index in [2.05, 4.69) is 10.2 Å². The van der Waals surface area contributed by atoms with Crippen LogP contribution in [-0.4, -0.2) is 35.1 Å². The zero-order chi connectivity index (χ0) is 19.4. The van der Waals surface area contributed by atoms with Crippen LogP contribution in [0, 0.1) is 10.1 Å². The second-order valence-corrected chi connectivity index (χ2v) is 6.55. The highest BCUT2D eigenvalue weighted by Gasteiger charge is 2.20. The van der Waals surface area contributed by atoms with Crippen LogP contribution in [-0.2, 0) is 6.54 Å². The minimum atomic E-state index is -0.699. The van der Waals surface area contributed by atoms with E-state index in [1.807, 2.05) is 24.3 Å². The van der Waals surface area contributed by atoms with Crippen LogP contribution in [0.25, 0.3) is 0 Å². The van der Waals surface area contributed by atoms with Gasteiger partial charge in [0.1, 0.15) is 0 Å². The number of nitrogens with zero attached hydrogens (tertiary/aromatic N) is 2. The fourth-order valence-electron chi connectivity index (χ4n) is 3.23. The molecule has 0 aliphatic carbocycles. The van der Waals surface area contributed by atoms with Crippen molar-refractivity contribution in [2.45, 2.75) is 25.5 Å². The van der Waals surface area contributed by atoms with Gasteiger partial charge in [0.05, 0.1) is 22.4 Å². The van der Waals surface area contributed by atoms with Crippen molar-refractivity contribution in [1.29, 1.82) is 0 Å². The molecule has 0 unspecified atom stereocenters. The maximum Gasteiger partial charge on any atom is 0.275 e. The number of nitro groups is 1. The summed E-state index contributed by atoms with van der Waals surface area (Å²) in [5, 5.41) is 24.3. The van der Waals surface area contributed by atoms with E-state index in [0.717, 1.165) is 24.5 Å². The number of benzene rings is 2. The summed E-state index contributed by atoms with van der Waals surface area (Å²) in [6.45, 7) is 1.75. The van der Waals surface area contributed by atoms with Gasteiger partial charge in [-0.15, -0.1) is 0 Å². The first kappa shape index (κ1) is 18.7. The van der Waals surface area contributed by atoms with Crippen LogP contribution in [0.15, 0.2) is 42.5 Å². The van der Waals surface area contributed by atoms with Gasteiger partial charge in [-0.1, -0.05) is 12.1 Å². The second kappa shape index (κ2) is 8.05. The summed E-state index contributed by atoms with van der Waals surface area (Å²) < 4.78 is 0. The number of carbonyl (C=O) groups is 1. The molecule has 1 amide bonds. The van der Waals surface area contributed by atoms with Crippen LogP contribution in [0.1, 0.15) is 28.8 Å². The first-order valence-corrected chi connectivity index (χ1v) is 8.78. The first-order valence-electron chi connectivity index (χ1n) is 8.78. The molecule has 0 radical (unpaired) electrons. The lowest BCUT2D eigenvalue weighted by Crippen LogP contribution is -2.36. The van der Waals surface area contributed by atoms with E-state index in [1.165, 1.54) is 12.1 Å². The molecule has 8 nitrogen and oxygen atoms in total. The monoisotopic (exact) mass is 370 g/mol. The quantitative estimate of drug-likeness (QED) is 0.530. The third-order valence-corrected chi connectivity index (χ3v) is 4.75. The molecule has 27 heavy (non-hydrogen) atoms. The second-order valence-electron chi connectivity index (χ2n) is 6.55. The summed E-state index contributed by atoms with van der Waals surface area (Å²) in [5.74, 6) is -0.699. The summed E-state index contributed by atoms with van der Waals surface area (Å²) in [7, 11) is 0. The lowest BCUT2D eigenvalue weighted by Gasteiger charge is -2.33. The Morgan fingerprint density at radius 2 is 1.96 bits per heavy atom. The van der Waals surface area contributed by atoms with E-state index in [4.69, 9.17) is 5.73 Å². The number of hydrogen-bond donors (Lipinski definition) is 3. The Morgan fingerprint density at radius 1 is 1.26 bits per heavy atom. The molecule has 4 N–H and O–H groups in total. The number of anilines is 2. The number of nitro benzene ring substituents is 1. The lowest BCUT2D eigenvalue weighted by atomic mass is 10.1. The number of aliphatic hydroxyl groups is 1. The van der Waals surface area contributed by atoms with Gasteiger partial charge in [0.15, 0.2) is 0 Å². The van der Waals surface area contributed by atoms with Crippen molar-refractivity contribution >= 4 is 23.0 Å². The highest BCUT2D eigenvalue weighted by atomic mass is 16.6. The smallest absolute Gasteiger partial charge is 0.275 e. The van der Waals surface area contributed by atoms with Gasteiger partial charge in [-0.3, -0.25) is 14.9 Å². The Hall–Kier alpha value is -3.13. The fourth-order valence-corrected chi connectivity index (χ4v) is 3.23. The Balaban J connectivity index is 1.79. The van der Waals surface area contributed by atoms with Gasteiger partial charge in [0.2, 0.25) is 5.91 Å². The van der Waals surface area contributed by atoms with Gasteiger partial charge >= 0.3 is 0 Å². The van der Waals surface area contributed by atoms with Gasteiger partial charge < -0.3 is 21.1 Å². The van der Waals surface area contributed by atoms with Crippen molar-refractivity contribution in [3.8, 4) is 0 Å². The number of nitrogens with two attached hydrogens (primary N) is 1. The van der Waals surface area contributed by atoms with E-state index in [-0.39, 0.29) is 23.9 Å². The SMILES string of the molecule is NC(=O)c1ccc(CNc2ccccc2N2CCC(O)CC2)c([N+](=O)[O-])c1. The molecule has 0 bridgehead atoms. The van der Waals surface area contributed by atoms with Crippen LogP contribution in [0.2, 0.25) is 0 Å². The lowest BCUT2D eigenvalue weighted by molar-refractivity contribution is -0.385. The van der Waals surface area contributed by atoms with Gasteiger partial charge in [0.25, 0.3) is 5.69 Å². The maximum atomic E-state index is 11.3. The van der Waals surface area contributed by atoms with Crippen molar-refractivity contribution in [2.24, 2.45) is 5.73 Å². The van der Waals surface area contributed by atoms with E-state index in [1.54, 1.807) is 6.07 Å². The third-order valence-electron chi connectivity index (χ3n) is 4.75. The number of aliphatic hydroxyl groups excluding tert-OH is 1. The number of para-hydroxylation sites is 2. The Morgan fingerprint density at radius 3 is 2.63 bits per heavy atom. The molecule has 1 aliphatic rings. The zero-order valence-corrected chi connectivity index (χ0v) is 14.8. The molecule has 0 aromatic heterocycles. The summed E-state index contributed by atoms with van der Waals surface area (Å²) in [6, 6.07) is 12.0. The topological polar surface area (TPSA) is 122 Å². The van der Waals surface area contributed by atoms with Gasteiger partial charge in [0, 0.05) is 36.8 Å². The molecule has 0 saturated carbocycles. The van der Waals surface area contributed by atoms with E-state index < -0.39 is 10.8 Å². The molecule has 0 atom stereocenters. The van der Waals surface area contributed by atoms with Crippen LogP contribution in [0.3, 0.4) is 0 Å². The zero-order valence-electron chi connectivity index (χ0n) is 14.8. The molecule has 0 spiro atoms. The molecule has 1 fully saturated rings. The van der Waals surface area contributed by atoms with Crippen molar-refractivity contribution < 1.29 is 14.8 Å². The van der Waals surface area contributed by atoms with E-state index in [9.17, 15) is 20.0 Å². The van der Waals surface area contributed by atoms with E-state index in [0.29, 0.717) is 18.4 Å². The largest absolute Gasteiger partial charge is 0.393 e. The number of piperidine rings is 1. The Bertz CT molecular complexity index is 847. The summed E-state index contributed by atoms with van der Waals surface area (Å²) in [6.07, 6.45) is 1.18. The van der Waals surface area contributed by atoms with Gasteiger partial charge in [-0.05, 0) is 37.1 Å². The van der Waals surface area contributed by atoms with Crippen LogP contribution < -0.4 is 16.0 Å². The number of primary amides is 1. The average molecular weight is 370 g/mol. The summed E-state index contributed by atoms with van der Waals surface area (Å²) >= 11 is 0. The molecule has 2 aromatic carbocycles. The van der Waals surface area contributed by atoms with Crippen LogP contribution in [0.4, 0.5) is 17.1 Å². The molecular formula is C19H22N4O4. The van der Waals surface area contributed by atoms with Gasteiger partial charge in [-0.2, -0.15) is 0 Å². The summed E-state index contributed by atoms with van der Waals surface area (Å²) in [5.41, 5.74) is 7.51. The van der Waals surface area contributed by atoms with Gasteiger partial charge in [-0.25, -0.2) is 0 Å². The molecule has 2 aromatic rings. The normalized spacial score (nSPS) is 14.8. The van der Waals surface area contributed by atoms with E-state index >= 15 is 0 Å². The fraction of sp³-hybridized carbons (Fsp3) is 0.316. The minimum Gasteiger partial charge on any atom is -0.393 e. The predicted molar refractivity (Wildman–Crippen MR) is 103 cm³/mol. The van der Waals surface area contributed by atoms with Crippen molar-refractivity contribution in [1.82, 2.24) is 0 Å². The van der Waals surface area contributed by atoms with Crippen molar-refractivity contribution in [3.05, 3.63) is 63.7 Å². The third kappa shape index (κ3) is 4.35. The predicted octanol–water partition coefficient (Wildman–Crippen LogP) is 2.27. The minimum absolute atomic E-state index is 0.109. The Kier molecular flexibility index (Phi) is 5.56. The molecule has 8 heteroatoms. The number of hydrogen-bond acceptors (Lipinski definition) is 6. The number of carbonyl (C=O) groups excluding carboxylic acids is 1. The molecule has 1 aliphatic heterocycles. The number of nitrogens with one attached hydrogen (secondary N) is 1. The maximum absolute atomic E-state index is 11.3. The standard InChI is InChI=1S/C19H22N4O4/c20-19(25)13-5-6-14(18(11-13)23(26)27)12-21-16-3-1-2-4-17(16)22-9-7-15(24)8-10-22/h1-6,11,15,21,24H,7-10,12H2,(H2,20,25). The molecule has 1 heterocycles. The van der Waals surface area contributed by atoms with Crippen LogP contribution in [0.5, 0.6) is 0 Å². The number of amides is 1. The highest BCUT2D eigenvalue weighted by molar-refractivity contribution is 5.93. The van der Waals surface area contributed by atoms with Crippen molar-refractivity contribution in [3.63, 3.8) is 0 Å². The van der Waals surface area contributed by atoms with Crippen LogP contribution >= 0.6 is 0 Å². The van der Waals surface area contributed by atoms with Crippen molar-refractivity contribution in [2.75, 3.05) is 23.3 Å². The molecule has 3 rings (SSSR count). The average Bonchev–Trinajstić information content (AvgIpc) is 2.67. The number of rotatable bonds is 6. The highest BCUT2D eigenvalue weighted by Crippen LogP contribution is 2.29.